The summed E-state index contributed by atoms with van der Waals surface area (Å²) in [6.45, 7) is 2.03. The van der Waals surface area contributed by atoms with Crippen LogP contribution >= 0.6 is 0 Å². The lowest BCUT2D eigenvalue weighted by Gasteiger charge is -2.29. The molecule has 0 bridgehead atoms. The molecule has 0 aromatic rings. The Balaban J connectivity index is 2.44. The highest BCUT2D eigenvalue weighted by Crippen LogP contribution is 2.09. The predicted octanol–water partition coefficient (Wildman–Crippen LogP) is 0.113. The second-order valence-electron chi connectivity index (χ2n) is 4.38. The summed E-state index contributed by atoms with van der Waals surface area (Å²) < 4.78 is 4.49. The Morgan fingerprint density at radius 2 is 1.72 bits per heavy atom. The van der Waals surface area contributed by atoms with Crippen LogP contribution in [0.3, 0.4) is 0 Å². The molecule has 2 N–H and O–H groups in total. The van der Waals surface area contributed by atoms with Crippen molar-refractivity contribution in [3.05, 3.63) is 0 Å². The zero-order valence-electron chi connectivity index (χ0n) is 10.8. The zero-order valence-corrected chi connectivity index (χ0v) is 10.8. The standard InChI is InChI=1S/C12H20N2O4/c1-3-4-5-8-11(16)14-9(12(17)13-8)6-7-10(15)18-2/h8-9H,3-7H2,1-2H3,(H,13,17)(H,14,16)/t8-,9-/m0/s1. The quantitative estimate of drug-likeness (QED) is 0.661. The smallest absolute Gasteiger partial charge is 0.305 e. The van der Waals surface area contributed by atoms with Crippen molar-refractivity contribution in [3.63, 3.8) is 0 Å². The van der Waals surface area contributed by atoms with Gasteiger partial charge in [0.1, 0.15) is 12.1 Å². The molecular weight excluding hydrogens is 236 g/mol. The van der Waals surface area contributed by atoms with Crippen LogP contribution in [0.25, 0.3) is 0 Å². The van der Waals surface area contributed by atoms with Crippen molar-refractivity contribution in [2.75, 3.05) is 7.11 Å². The van der Waals surface area contributed by atoms with Gasteiger partial charge in [-0.05, 0) is 12.8 Å². The molecule has 1 heterocycles. The molecule has 18 heavy (non-hydrogen) atoms. The molecule has 1 rings (SSSR count). The van der Waals surface area contributed by atoms with Gasteiger partial charge in [0.15, 0.2) is 0 Å². The average molecular weight is 256 g/mol. The number of nitrogens with one attached hydrogen (secondary N) is 2. The largest absolute Gasteiger partial charge is 0.469 e. The molecule has 1 fully saturated rings. The second-order valence-corrected chi connectivity index (χ2v) is 4.38. The zero-order chi connectivity index (χ0) is 13.5. The van der Waals surface area contributed by atoms with Gasteiger partial charge < -0.3 is 15.4 Å². The maximum Gasteiger partial charge on any atom is 0.305 e. The van der Waals surface area contributed by atoms with Crippen molar-refractivity contribution in [3.8, 4) is 0 Å². The van der Waals surface area contributed by atoms with E-state index in [-0.39, 0.29) is 30.6 Å². The lowest BCUT2D eigenvalue weighted by Crippen LogP contribution is -2.61. The molecule has 0 aromatic heterocycles. The number of piperazine rings is 1. The molecule has 6 heteroatoms. The van der Waals surface area contributed by atoms with E-state index in [1.807, 2.05) is 6.92 Å². The normalized spacial score (nSPS) is 23.2. The Bertz CT molecular complexity index is 330. The number of amides is 2. The number of unbranched alkanes of at least 4 members (excludes halogenated alkanes) is 1. The third-order valence-corrected chi connectivity index (χ3v) is 2.98. The van der Waals surface area contributed by atoms with E-state index in [4.69, 9.17) is 0 Å². The number of methoxy groups -OCH3 is 1. The van der Waals surface area contributed by atoms with Crippen LogP contribution in [0.5, 0.6) is 0 Å². The van der Waals surface area contributed by atoms with Crippen molar-refractivity contribution in [2.45, 2.75) is 51.1 Å². The van der Waals surface area contributed by atoms with Gasteiger partial charge in [-0.3, -0.25) is 14.4 Å². The first kappa shape index (κ1) is 14.5. The minimum absolute atomic E-state index is 0.120. The first-order chi connectivity index (χ1) is 8.58. The average Bonchev–Trinajstić information content (AvgIpc) is 2.37. The monoisotopic (exact) mass is 256 g/mol. The summed E-state index contributed by atoms with van der Waals surface area (Å²) in [6, 6.07) is -1.07. The molecule has 0 aliphatic carbocycles. The molecule has 1 aliphatic heterocycles. The van der Waals surface area contributed by atoms with Gasteiger partial charge in [-0.15, -0.1) is 0 Å². The van der Waals surface area contributed by atoms with Crippen molar-refractivity contribution in [1.82, 2.24) is 10.6 Å². The fraction of sp³-hybridized carbons (Fsp3) is 0.750. The third-order valence-electron chi connectivity index (χ3n) is 2.98. The van der Waals surface area contributed by atoms with Crippen LogP contribution in [-0.4, -0.2) is 37.0 Å². The Labute approximate surface area is 106 Å². The number of hydrogen-bond donors (Lipinski definition) is 2. The van der Waals surface area contributed by atoms with Crippen molar-refractivity contribution >= 4 is 17.8 Å². The molecule has 0 unspecified atom stereocenters. The molecule has 1 saturated heterocycles. The van der Waals surface area contributed by atoms with Crippen LogP contribution in [0.4, 0.5) is 0 Å². The van der Waals surface area contributed by atoms with Crippen LogP contribution in [0.2, 0.25) is 0 Å². The fourth-order valence-electron chi connectivity index (χ4n) is 1.85. The summed E-state index contributed by atoms with van der Waals surface area (Å²) >= 11 is 0. The van der Waals surface area contributed by atoms with E-state index in [1.165, 1.54) is 7.11 Å². The van der Waals surface area contributed by atoms with Crippen LogP contribution in [0, 0.1) is 0 Å². The minimum atomic E-state index is -0.630. The minimum Gasteiger partial charge on any atom is -0.469 e. The number of rotatable bonds is 6. The van der Waals surface area contributed by atoms with Crippen molar-refractivity contribution in [2.24, 2.45) is 0 Å². The maximum absolute atomic E-state index is 11.7. The van der Waals surface area contributed by atoms with Crippen LogP contribution in [0.15, 0.2) is 0 Å². The molecule has 0 radical (unpaired) electrons. The summed E-state index contributed by atoms with van der Waals surface area (Å²) in [7, 11) is 1.29. The second kappa shape index (κ2) is 6.98. The molecule has 102 valence electrons. The fourth-order valence-corrected chi connectivity index (χ4v) is 1.85. The molecule has 0 saturated carbocycles. The molecule has 0 aromatic carbocycles. The molecule has 1 aliphatic rings. The van der Waals surface area contributed by atoms with Gasteiger partial charge in [0, 0.05) is 6.42 Å². The van der Waals surface area contributed by atoms with Gasteiger partial charge in [-0.1, -0.05) is 19.8 Å². The summed E-state index contributed by atoms with van der Waals surface area (Å²) in [6.07, 6.45) is 2.91. The summed E-state index contributed by atoms with van der Waals surface area (Å²) in [5, 5.41) is 5.34. The molecule has 2 atom stereocenters. The van der Waals surface area contributed by atoms with E-state index in [1.54, 1.807) is 0 Å². The molecule has 0 spiro atoms. The van der Waals surface area contributed by atoms with Crippen molar-refractivity contribution in [1.29, 1.82) is 0 Å². The van der Waals surface area contributed by atoms with E-state index in [9.17, 15) is 14.4 Å². The van der Waals surface area contributed by atoms with E-state index < -0.39 is 12.1 Å². The number of ether oxygens (including phenoxy) is 1. The SMILES string of the molecule is CCCC[C@@H]1NC(=O)[C@H](CCC(=O)OC)NC1=O. The number of esters is 1. The van der Waals surface area contributed by atoms with Crippen LogP contribution in [-0.2, 0) is 19.1 Å². The summed E-state index contributed by atoms with van der Waals surface area (Å²) in [4.78, 5) is 34.4. The number of carbonyl (C=O) groups is 3. The Kier molecular flexibility index (Phi) is 5.61. The van der Waals surface area contributed by atoms with Gasteiger partial charge in [-0.2, -0.15) is 0 Å². The van der Waals surface area contributed by atoms with Gasteiger partial charge in [-0.25, -0.2) is 0 Å². The summed E-state index contributed by atoms with van der Waals surface area (Å²) in [5.74, 6) is -0.775. The first-order valence-electron chi connectivity index (χ1n) is 6.26. The van der Waals surface area contributed by atoms with Gasteiger partial charge in [0.05, 0.1) is 7.11 Å². The van der Waals surface area contributed by atoms with Gasteiger partial charge >= 0.3 is 5.97 Å². The predicted molar refractivity (Wildman–Crippen MR) is 64.6 cm³/mol. The number of hydrogen-bond acceptors (Lipinski definition) is 4. The molecule has 6 nitrogen and oxygen atoms in total. The van der Waals surface area contributed by atoms with E-state index in [0.29, 0.717) is 6.42 Å². The van der Waals surface area contributed by atoms with E-state index in [2.05, 4.69) is 15.4 Å². The topological polar surface area (TPSA) is 84.5 Å². The third kappa shape index (κ3) is 4.01. The first-order valence-corrected chi connectivity index (χ1v) is 6.26. The highest BCUT2D eigenvalue weighted by Gasteiger charge is 2.33. The van der Waals surface area contributed by atoms with E-state index >= 15 is 0 Å². The maximum atomic E-state index is 11.7. The summed E-state index contributed by atoms with van der Waals surface area (Å²) in [5.41, 5.74) is 0. The van der Waals surface area contributed by atoms with Gasteiger partial charge in [0.2, 0.25) is 11.8 Å². The van der Waals surface area contributed by atoms with E-state index in [0.717, 1.165) is 12.8 Å². The van der Waals surface area contributed by atoms with Crippen LogP contribution in [0.1, 0.15) is 39.0 Å². The highest BCUT2D eigenvalue weighted by atomic mass is 16.5. The van der Waals surface area contributed by atoms with Crippen LogP contribution < -0.4 is 10.6 Å². The number of carbonyl (C=O) groups excluding carboxylic acids is 3. The van der Waals surface area contributed by atoms with Crippen molar-refractivity contribution < 1.29 is 19.1 Å². The highest BCUT2D eigenvalue weighted by molar-refractivity contribution is 5.97. The lowest BCUT2D eigenvalue weighted by molar-refractivity contribution is -0.142. The Hall–Kier alpha value is -1.59. The van der Waals surface area contributed by atoms with Gasteiger partial charge in [0.25, 0.3) is 0 Å². The molecular formula is C12H20N2O4. The Morgan fingerprint density at radius 3 is 2.22 bits per heavy atom. The lowest BCUT2D eigenvalue weighted by atomic mass is 10.0. The molecule has 2 amide bonds. The Morgan fingerprint density at radius 1 is 1.17 bits per heavy atom.